The molecule has 1 aromatic carbocycles. The molecule has 2 aromatic rings. The Kier molecular flexibility index (Phi) is 5.48. The van der Waals surface area contributed by atoms with Crippen molar-refractivity contribution in [1.29, 1.82) is 0 Å². The molecule has 6 rings (SSSR count). The normalized spacial score (nSPS) is 29.4. The molecule has 0 aliphatic heterocycles. The van der Waals surface area contributed by atoms with E-state index in [2.05, 4.69) is 54.9 Å². The Morgan fingerprint density at radius 3 is 2.22 bits per heavy atom. The van der Waals surface area contributed by atoms with E-state index in [0.29, 0.717) is 23.6 Å². The number of hydrogen-bond acceptors (Lipinski definition) is 2. The molecule has 4 heteroatoms. The van der Waals surface area contributed by atoms with Gasteiger partial charge in [-0.2, -0.15) is 0 Å². The Hall–Kier alpha value is -2.07. The van der Waals surface area contributed by atoms with E-state index in [9.17, 15) is 9.90 Å². The first kappa shape index (κ1) is 21.8. The molecule has 0 amide bonds. The van der Waals surface area contributed by atoms with Gasteiger partial charge in [-0.25, -0.2) is 4.79 Å². The van der Waals surface area contributed by atoms with Crippen LogP contribution in [0.2, 0.25) is 0 Å². The summed E-state index contributed by atoms with van der Waals surface area (Å²) >= 11 is 0. The number of aromatic nitrogens is 1. The van der Waals surface area contributed by atoms with Crippen LogP contribution in [-0.4, -0.2) is 21.7 Å². The van der Waals surface area contributed by atoms with Gasteiger partial charge in [-0.1, -0.05) is 24.3 Å². The number of carboxylic acids is 1. The first-order valence-corrected chi connectivity index (χ1v) is 12.5. The zero-order valence-corrected chi connectivity index (χ0v) is 20.1. The van der Waals surface area contributed by atoms with Crippen molar-refractivity contribution in [2.24, 2.45) is 23.2 Å². The van der Waals surface area contributed by atoms with Crippen molar-refractivity contribution in [3.05, 3.63) is 57.9 Å². The van der Waals surface area contributed by atoms with Crippen molar-refractivity contribution in [3.8, 4) is 0 Å². The minimum absolute atomic E-state index is 0.421. The van der Waals surface area contributed by atoms with E-state index in [1.165, 1.54) is 49.7 Å². The third-order valence-corrected chi connectivity index (χ3v) is 9.30. The van der Waals surface area contributed by atoms with Gasteiger partial charge in [0.2, 0.25) is 0 Å². The predicted octanol–water partition coefficient (Wildman–Crippen LogP) is 5.85. The first-order valence-electron chi connectivity index (χ1n) is 12.5. The van der Waals surface area contributed by atoms with Gasteiger partial charge in [-0.15, -0.1) is 0 Å². The van der Waals surface area contributed by atoms with Crippen LogP contribution in [0.15, 0.2) is 24.3 Å². The number of carbonyl (C=O) groups is 1. The van der Waals surface area contributed by atoms with Crippen molar-refractivity contribution in [2.75, 3.05) is 0 Å². The van der Waals surface area contributed by atoms with Gasteiger partial charge in [-0.05, 0) is 101 Å². The van der Waals surface area contributed by atoms with Crippen LogP contribution in [0.1, 0.15) is 83.9 Å². The van der Waals surface area contributed by atoms with E-state index < -0.39 is 5.97 Å². The van der Waals surface area contributed by atoms with Crippen LogP contribution in [-0.2, 0) is 13.1 Å². The Balaban J connectivity index is 1.39. The quantitative estimate of drug-likeness (QED) is 0.574. The van der Waals surface area contributed by atoms with Crippen LogP contribution in [0.25, 0.3) is 0 Å². The zero-order valence-electron chi connectivity index (χ0n) is 20.1. The van der Waals surface area contributed by atoms with Crippen molar-refractivity contribution in [1.82, 2.24) is 9.88 Å². The van der Waals surface area contributed by atoms with Crippen molar-refractivity contribution in [3.63, 3.8) is 0 Å². The highest BCUT2D eigenvalue weighted by Gasteiger charge is 2.53. The van der Waals surface area contributed by atoms with Crippen LogP contribution in [0, 0.1) is 43.9 Å². The van der Waals surface area contributed by atoms with Gasteiger partial charge < -0.3 is 15.0 Å². The highest BCUT2D eigenvalue weighted by atomic mass is 16.4. The minimum atomic E-state index is -0.812. The van der Waals surface area contributed by atoms with Crippen LogP contribution in [0.4, 0.5) is 0 Å². The summed E-state index contributed by atoms with van der Waals surface area (Å²) in [5.74, 6) is 1.98. The molecule has 172 valence electrons. The maximum absolute atomic E-state index is 12.3. The monoisotopic (exact) mass is 434 g/mol. The fourth-order valence-electron chi connectivity index (χ4n) is 7.82. The summed E-state index contributed by atoms with van der Waals surface area (Å²) < 4.78 is 2.19. The lowest BCUT2D eigenvalue weighted by atomic mass is 9.48. The third kappa shape index (κ3) is 3.61. The van der Waals surface area contributed by atoms with Gasteiger partial charge in [0.05, 0.1) is 5.56 Å². The maximum atomic E-state index is 12.3. The molecule has 2 N–H and O–H groups in total. The smallest absolute Gasteiger partial charge is 0.337 e. The summed E-state index contributed by atoms with van der Waals surface area (Å²) in [6.07, 6.45) is 8.46. The second-order valence-electron chi connectivity index (χ2n) is 11.2. The van der Waals surface area contributed by atoms with E-state index in [1.54, 1.807) is 0 Å². The molecule has 0 unspecified atom stereocenters. The Labute approximate surface area is 192 Å². The van der Waals surface area contributed by atoms with E-state index in [4.69, 9.17) is 0 Å². The molecular formula is C28H38N2O2. The second-order valence-corrected chi connectivity index (χ2v) is 11.2. The number of carboxylic acid groups (broad SMARTS) is 1. The largest absolute Gasteiger partial charge is 0.478 e. The molecule has 0 saturated heterocycles. The lowest BCUT2D eigenvalue weighted by molar-refractivity contribution is -0.0706. The molecule has 4 nitrogen and oxygen atoms in total. The van der Waals surface area contributed by atoms with Gasteiger partial charge in [0.15, 0.2) is 0 Å². The van der Waals surface area contributed by atoms with Crippen LogP contribution in [0.5, 0.6) is 0 Å². The molecule has 4 bridgehead atoms. The zero-order chi connectivity index (χ0) is 22.6. The highest BCUT2D eigenvalue weighted by Crippen LogP contribution is 2.61. The summed E-state index contributed by atoms with van der Waals surface area (Å²) in [4.78, 5) is 12.3. The van der Waals surface area contributed by atoms with Crippen molar-refractivity contribution < 1.29 is 9.90 Å². The van der Waals surface area contributed by atoms with E-state index >= 15 is 0 Å². The Morgan fingerprint density at radius 2 is 1.66 bits per heavy atom. The van der Waals surface area contributed by atoms with Gasteiger partial charge in [0.1, 0.15) is 0 Å². The number of hydrogen-bond donors (Lipinski definition) is 2. The highest BCUT2D eigenvalue weighted by molar-refractivity contribution is 5.91. The number of aryl methyl sites for hydroxylation is 1. The number of nitrogens with zero attached hydrogens (tertiary/aromatic N) is 1. The summed E-state index contributed by atoms with van der Waals surface area (Å²) in [7, 11) is 0. The number of benzene rings is 1. The van der Waals surface area contributed by atoms with Gasteiger partial charge in [0.25, 0.3) is 0 Å². The van der Waals surface area contributed by atoms with E-state index in [-0.39, 0.29) is 0 Å². The van der Waals surface area contributed by atoms with Gasteiger partial charge in [-0.3, -0.25) is 0 Å². The predicted molar refractivity (Wildman–Crippen MR) is 128 cm³/mol. The average Bonchev–Trinajstić information content (AvgIpc) is 2.96. The fourth-order valence-corrected chi connectivity index (χ4v) is 7.82. The number of aromatic carboxylic acids is 1. The fraction of sp³-hybridized carbons (Fsp3) is 0.607. The molecule has 4 saturated carbocycles. The molecule has 1 heterocycles. The standard InChI is InChI=1S/C28H38N2O2/c1-17-7-5-6-8-24(17)16-30-18(2)25(26(19(30)3)27(31)32)15-29-20(4)28-12-21-9-22(13-28)11-23(10-21)14-28/h5-8,20-23,29H,9-16H2,1-4H3,(H,31,32)/t20-,21?,22?,23?,28?/m1/s1. The van der Waals surface area contributed by atoms with Gasteiger partial charge >= 0.3 is 5.97 Å². The summed E-state index contributed by atoms with van der Waals surface area (Å²) in [6, 6.07) is 8.80. The number of nitrogens with one attached hydrogen (secondary N) is 1. The Morgan fingerprint density at radius 1 is 1.06 bits per heavy atom. The molecule has 4 aliphatic carbocycles. The molecular weight excluding hydrogens is 396 g/mol. The summed E-state index contributed by atoms with van der Waals surface area (Å²) in [6.45, 7) is 9.88. The minimum Gasteiger partial charge on any atom is -0.478 e. The third-order valence-electron chi connectivity index (χ3n) is 9.30. The van der Waals surface area contributed by atoms with Crippen molar-refractivity contribution >= 4 is 5.97 Å². The molecule has 1 aromatic heterocycles. The lowest BCUT2D eigenvalue weighted by Gasteiger charge is -2.59. The number of rotatable bonds is 7. The Bertz CT molecular complexity index is 999. The van der Waals surface area contributed by atoms with Crippen molar-refractivity contribution in [2.45, 2.75) is 85.4 Å². The average molecular weight is 435 g/mol. The summed E-state index contributed by atoms with van der Waals surface area (Å²) in [5, 5.41) is 13.9. The summed E-state index contributed by atoms with van der Waals surface area (Å²) in [5.41, 5.74) is 6.29. The first-order chi connectivity index (χ1) is 15.3. The second kappa shape index (κ2) is 8.06. The molecule has 0 radical (unpaired) electrons. The molecule has 32 heavy (non-hydrogen) atoms. The van der Waals surface area contributed by atoms with Crippen LogP contribution >= 0.6 is 0 Å². The maximum Gasteiger partial charge on any atom is 0.337 e. The SMILES string of the molecule is Cc1ccccc1Cn1c(C)c(CN[C@H](C)C23CC4CC(CC(C4)C2)C3)c(C(=O)O)c1C. The lowest BCUT2D eigenvalue weighted by Crippen LogP contribution is -2.54. The topological polar surface area (TPSA) is 54.3 Å². The van der Waals surface area contributed by atoms with Crippen LogP contribution < -0.4 is 5.32 Å². The van der Waals surface area contributed by atoms with E-state index in [0.717, 1.165) is 41.2 Å². The van der Waals surface area contributed by atoms with Gasteiger partial charge in [0, 0.05) is 36.1 Å². The van der Waals surface area contributed by atoms with Crippen LogP contribution in [0.3, 0.4) is 0 Å². The molecule has 1 atom stereocenters. The molecule has 4 fully saturated rings. The molecule has 0 spiro atoms. The molecule has 4 aliphatic rings. The van der Waals surface area contributed by atoms with E-state index in [1.807, 2.05) is 6.92 Å².